The van der Waals surface area contributed by atoms with Gasteiger partial charge in [-0.25, -0.2) is 0 Å². The quantitative estimate of drug-likeness (QED) is 0.824. The van der Waals surface area contributed by atoms with Crippen LogP contribution in [-0.2, 0) is 11.2 Å². The lowest BCUT2D eigenvalue weighted by Gasteiger charge is -2.07. The molecule has 0 aliphatic carbocycles. The maximum Gasteiger partial charge on any atom is 0.228 e. The second-order valence-corrected chi connectivity index (χ2v) is 5.24. The highest BCUT2D eigenvalue weighted by atomic mass is 79.9. The van der Waals surface area contributed by atoms with Gasteiger partial charge in [-0.05, 0) is 45.8 Å². The first-order chi connectivity index (χ1) is 8.65. The van der Waals surface area contributed by atoms with E-state index in [1.807, 2.05) is 48.5 Å². The molecule has 1 amide bonds. The van der Waals surface area contributed by atoms with Crippen molar-refractivity contribution in [2.24, 2.45) is 0 Å². The van der Waals surface area contributed by atoms with E-state index in [1.165, 1.54) is 0 Å². The van der Waals surface area contributed by atoms with Crippen LogP contribution in [-0.4, -0.2) is 5.91 Å². The SMILES string of the molecule is O=C(Cc1ccc(S)cc1)Nc1ccccc1Br. The first-order valence-corrected chi connectivity index (χ1v) is 6.71. The predicted octanol–water partition coefficient (Wildman–Crippen LogP) is 3.92. The third-order valence-electron chi connectivity index (χ3n) is 2.45. The Balaban J connectivity index is 2.01. The van der Waals surface area contributed by atoms with Gasteiger partial charge in [0.1, 0.15) is 0 Å². The zero-order valence-corrected chi connectivity index (χ0v) is 12.0. The molecule has 18 heavy (non-hydrogen) atoms. The summed E-state index contributed by atoms with van der Waals surface area (Å²) in [6.07, 6.45) is 0.357. The smallest absolute Gasteiger partial charge is 0.228 e. The number of hydrogen-bond donors (Lipinski definition) is 2. The minimum Gasteiger partial charge on any atom is -0.325 e. The third kappa shape index (κ3) is 3.62. The molecule has 0 spiro atoms. The van der Waals surface area contributed by atoms with E-state index in [4.69, 9.17) is 0 Å². The Bertz CT molecular complexity index is 554. The lowest BCUT2D eigenvalue weighted by molar-refractivity contribution is -0.115. The van der Waals surface area contributed by atoms with Crippen LogP contribution in [0.4, 0.5) is 5.69 Å². The molecule has 0 saturated heterocycles. The molecule has 0 saturated carbocycles. The summed E-state index contributed by atoms with van der Waals surface area (Å²) in [6, 6.07) is 15.1. The van der Waals surface area contributed by atoms with Gasteiger partial charge in [0.15, 0.2) is 0 Å². The molecule has 2 rings (SSSR count). The summed E-state index contributed by atoms with van der Waals surface area (Å²) in [6.45, 7) is 0. The van der Waals surface area contributed by atoms with Gasteiger partial charge in [-0.1, -0.05) is 24.3 Å². The normalized spacial score (nSPS) is 10.1. The molecule has 0 fully saturated rings. The van der Waals surface area contributed by atoms with Gasteiger partial charge in [0, 0.05) is 9.37 Å². The molecule has 0 unspecified atom stereocenters. The molecule has 0 aliphatic heterocycles. The first kappa shape index (κ1) is 13.2. The van der Waals surface area contributed by atoms with Gasteiger partial charge in [-0.2, -0.15) is 0 Å². The van der Waals surface area contributed by atoms with Crippen molar-refractivity contribution in [3.63, 3.8) is 0 Å². The maximum absolute atomic E-state index is 11.9. The molecule has 0 aliphatic rings. The number of rotatable bonds is 3. The molecule has 0 radical (unpaired) electrons. The summed E-state index contributed by atoms with van der Waals surface area (Å²) in [7, 11) is 0. The minimum absolute atomic E-state index is 0.0335. The summed E-state index contributed by atoms with van der Waals surface area (Å²) in [5.74, 6) is -0.0335. The number of para-hydroxylation sites is 1. The van der Waals surface area contributed by atoms with Crippen molar-refractivity contribution >= 4 is 40.2 Å². The van der Waals surface area contributed by atoms with Gasteiger partial charge < -0.3 is 5.32 Å². The molecule has 1 N–H and O–H groups in total. The fraction of sp³-hybridized carbons (Fsp3) is 0.0714. The van der Waals surface area contributed by atoms with Gasteiger partial charge in [-0.3, -0.25) is 4.79 Å². The number of carbonyl (C=O) groups is 1. The van der Waals surface area contributed by atoms with E-state index in [9.17, 15) is 4.79 Å². The van der Waals surface area contributed by atoms with E-state index >= 15 is 0 Å². The number of hydrogen-bond acceptors (Lipinski definition) is 2. The maximum atomic E-state index is 11.9. The van der Waals surface area contributed by atoms with Crippen LogP contribution >= 0.6 is 28.6 Å². The Morgan fingerprint density at radius 3 is 2.44 bits per heavy atom. The topological polar surface area (TPSA) is 29.1 Å². The van der Waals surface area contributed by atoms with E-state index < -0.39 is 0 Å². The number of halogens is 1. The molecule has 0 aromatic heterocycles. The Labute approximate surface area is 120 Å². The molecular formula is C14H12BrNOS. The summed E-state index contributed by atoms with van der Waals surface area (Å²) in [4.78, 5) is 12.8. The number of thiol groups is 1. The molecule has 2 aromatic rings. The van der Waals surface area contributed by atoms with Crippen molar-refractivity contribution < 1.29 is 4.79 Å². The van der Waals surface area contributed by atoms with Gasteiger partial charge in [0.2, 0.25) is 5.91 Å². The Hall–Kier alpha value is -1.26. The van der Waals surface area contributed by atoms with Crippen molar-refractivity contribution in [1.82, 2.24) is 0 Å². The van der Waals surface area contributed by atoms with Gasteiger partial charge in [0.05, 0.1) is 12.1 Å². The number of nitrogens with one attached hydrogen (secondary N) is 1. The second-order valence-electron chi connectivity index (χ2n) is 3.87. The van der Waals surface area contributed by atoms with Crippen LogP contribution in [0.15, 0.2) is 57.9 Å². The molecule has 92 valence electrons. The van der Waals surface area contributed by atoms with Crippen LogP contribution in [0.25, 0.3) is 0 Å². The number of amides is 1. The van der Waals surface area contributed by atoms with Crippen molar-refractivity contribution in [1.29, 1.82) is 0 Å². The standard InChI is InChI=1S/C14H12BrNOS/c15-12-3-1-2-4-13(12)16-14(17)9-10-5-7-11(18)8-6-10/h1-8,18H,9H2,(H,16,17). The number of anilines is 1. The minimum atomic E-state index is -0.0335. The van der Waals surface area contributed by atoms with Crippen LogP contribution in [0.3, 0.4) is 0 Å². The fourth-order valence-electron chi connectivity index (χ4n) is 1.56. The van der Waals surface area contributed by atoms with Crippen LogP contribution in [0.1, 0.15) is 5.56 Å². The Kier molecular flexibility index (Phi) is 4.44. The van der Waals surface area contributed by atoms with Crippen molar-refractivity contribution in [2.75, 3.05) is 5.32 Å². The summed E-state index contributed by atoms with van der Waals surface area (Å²) < 4.78 is 0.879. The van der Waals surface area contributed by atoms with Crippen LogP contribution in [0, 0.1) is 0 Å². The predicted molar refractivity (Wildman–Crippen MR) is 80.2 cm³/mol. The zero-order chi connectivity index (χ0) is 13.0. The summed E-state index contributed by atoms with van der Waals surface area (Å²) in [5, 5.41) is 2.87. The van der Waals surface area contributed by atoms with Crippen LogP contribution in [0.2, 0.25) is 0 Å². The molecular weight excluding hydrogens is 310 g/mol. The van der Waals surface area contributed by atoms with Crippen LogP contribution in [0.5, 0.6) is 0 Å². The highest BCUT2D eigenvalue weighted by Gasteiger charge is 2.05. The van der Waals surface area contributed by atoms with E-state index in [0.29, 0.717) is 6.42 Å². The van der Waals surface area contributed by atoms with Crippen LogP contribution < -0.4 is 5.32 Å². The summed E-state index contributed by atoms with van der Waals surface area (Å²) in [5.41, 5.74) is 1.76. The van der Waals surface area contributed by atoms with Crippen molar-refractivity contribution in [3.05, 3.63) is 58.6 Å². The summed E-state index contributed by atoms with van der Waals surface area (Å²) >= 11 is 7.60. The fourth-order valence-corrected chi connectivity index (χ4v) is 2.09. The first-order valence-electron chi connectivity index (χ1n) is 5.47. The van der Waals surface area contributed by atoms with E-state index in [1.54, 1.807) is 0 Å². The Morgan fingerprint density at radius 2 is 1.78 bits per heavy atom. The third-order valence-corrected chi connectivity index (χ3v) is 3.44. The number of benzene rings is 2. The molecule has 0 heterocycles. The largest absolute Gasteiger partial charge is 0.325 e. The van der Waals surface area contributed by atoms with E-state index in [0.717, 1.165) is 20.6 Å². The van der Waals surface area contributed by atoms with Crippen molar-refractivity contribution in [3.8, 4) is 0 Å². The molecule has 0 atom stereocenters. The van der Waals surface area contributed by atoms with Gasteiger partial charge in [0.25, 0.3) is 0 Å². The highest BCUT2D eigenvalue weighted by molar-refractivity contribution is 9.10. The van der Waals surface area contributed by atoms with Gasteiger partial charge in [-0.15, -0.1) is 12.6 Å². The zero-order valence-electron chi connectivity index (χ0n) is 9.56. The average molecular weight is 322 g/mol. The highest BCUT2D eigenvalue weighted by Crippen LogP contribution is 2.21. The second kappa shape index (κ2) is 6.07. The molecule has 0 bridgehead atoms. The molecule has 4 heteroatoms. The average Bonchev–Trinajstić information content (AvgIpc) is 2.35. The lowest BCUT2D eigenvalue weighted by Crippen LogP contribution is -2.14. The molecule has 2 nitrogen and oxygen atoms in total. The Morgan fingerprint density at radius 1 is 1.11 bits per heavy atom. The van der Waals surface area contributed by atoms with Gasteiger partial charge >= 0.3 is 0 Å². The number of carbonyl (C=O) groups excluding carboxylic acids is 1. The van der Waals surface area contributed by atoms with E-state index in [2.05, 4.69) is 33.9 Å². The molecule has 2 aromatic carbocycles. The van der Waals surface area contributed by atoms with Crippen molar-refractivity contribution in [2.45, 2.75) is 11.3 Å². The van der Waals surface area contributed by atoms with E-state index in [-0.39, 0.29) is 5.91 Å². The lowest BCUT2D eigenvalue weighted by atomic mass is 10.1. The monoisotopic (exact) mass is 321 g/mol.